The summed E-state index contributed by atoms with van der Waals surface area (Å²) in [4.78, 5) is 22.2. The third-order valence-electron chi connectivity index (χ3n) is 2.77. The van der Waals surface area contributed by atoms with Crippen LogP contribution in [0.15, 0.2) is 18.5 Å². The van der Waals surface area contributed by atoms with Crippen LogP contribution >= 0.6 is 0 Å². The molecule has 1 saturated heterocycles. The Labute approximate surface area is 104 Å². The van der Waals surface area contributed by atoms with Crippen molar-refractivity contribution in [3.63, 3.8) is 0 Å². The average Bonchev–Trinajstić information content (AvgIpc) is 2.96. The minimum absolute atomic E-state index is 0.155. The van der Waals surface area contributed by atoms with E-state index in [2.05, 4.69) is 10.4 Å². The number of carboxylic acid groups (broad SMARTS) is 1. The van der Waals surface area contributed by atoms with E-state index >= 15 is 0 Å². The fourth-order valence-corrected chi connectivity index (χ4v) is 1.86. The van der Waals surface area contributed by atoms with Crippen LogP contribution < -0.4 is 5.32 Å². The SMILES string of the molecule is O=C(Cn1cccn1)NCC1CCC(C(=O)O)O1. The zero-order valence-corrected chi connectivity index (χ0v) is 9.78. The Hall–Kier alpha value is -1.89. The Kier molecular flexibility index (Phi) is 3.93. The standard InChI is InChI=1S/C11H15N3O4/c15-10(7-14-5-1-4-13-14)12-6-8-2-3-9(18-8)11(16)17/h1,4-5,8-9H,2-3,6-7H2,(H,12,15)(H,16,17). The van der Waals surface area contributed by atoms with Crippen molar-refractivity contribution < 1.29 is 19.4 Å². The van der Waals surface area contributed by atoms with E-state index in [4.69, 9.17) is 9.84 Å². The second kappa shape index (κ2) is 5.63. The number of amides is 1. The van der Waals surface area contributed by atoms with Crippen LogP contribution in [0.2, 0.25) is 0 Å². The molecule has 2 rings (SSSR count). The third-order valence-corrected chi connectivity index (χ3v) is 2.77. The van der Waals surface area contributed by atoms with Crippen molar-refractivity contribution in [1.29, 1.82) is 0 Å². The van der Waals surface area contributed by atoms with Crippen LogP contribution in [-0.2, 0) is 20.9 Å². The van der Waals surface area contributed by atoms with Crippen molar-refractivity contribution in [3.05, 3.63) is 18.5 Å². The monoisotopic (exact) mass is 253 g/mol. The van der Waals surface area contributed by atoms with Crippen molar-refractivity contribution in [1.82, 2.24) is 15.1 Å². The lowest BCUT2D eigenvalue weighted by atomic mass is 10.2. The fourth-order valence-electron chi connectivity index (χ4n) is 1.86. The topological polar surface area (TPSA) is 93.5 Å². The molecule has 98 valence electrons. The number of aromatic nitrogens is 2. The number of hydrogen-bond donors (Lipinski definition) is 2. The van der Waals surface area contributed by atoms with Crippen LogP contribution in [0.25, 0.3) is 0 Å². The predicted octanol–water partition coefficient (Wildman–Crippen LogP) is -0.368. The van der Waals surface area contributed by atoms with Gasteiger partial charge in [0.25, 0.3) is 0 Å². The number of hydrogen-bond acceptors (Lipinski definition) is 4. The highest BCUT2D eigenvalue weighted by Crippen LogP contribution is 2.19. The van der Waals surface area contributed by atoms with Gasteiger partial charge in [-0.2, -0.15) is 5.10 Å². The molecule has 0 radical (unpaired) electrons. The number of nitrogens with one attached hydrogen (secondary N) is 1. The molecule has 0 bridgehead atoms. The first kappa shape index (κ1) is 12.6. The second-order valence-electron chi connectivity index (χ2n) is 4.17. The maximum Gasteiger partial charge on any atom is 0.332 e. The maximum absolute atomic E-state index is 11.5. The van der Waals surface area contributed by atoms with Crippen LogP contribution in [0, 0.1) is 0 Å². The molecule has 1 aliphatic rings. The normalized spacial score (nSPS) is 22.9. The number of rotatable bonds is 5. The molecule has 1 aromatic rings. The van der Waals surface area contributed by atoms with Gasteiger partial charge < -0.3 is 15.2 Å². The van der Waals surface area contributed by atoms with Gasteiger partial charge in [0.05, 0.1) is 6.10 Å². The Bertz CT molecular complexity index is 418. The molecule has 0 spiro atoms. The Morgan fingerprint density at radius 2 is 2.33 bits per heavy atom. The predicted molar refractivity (Wildman–Crippen MR) is 60.8 cm³/mol. The Morgan fingerprint density at radius 3 is 2.94 bits per heavy atom. The molecule has 1 aliphatic heterocycles. The van der Waals surface area contributed by atoms with Crippen molar-refractivity contribution in [2.45, 2.75) is 31.6 Å². The van der Waals surface area contributed by atoms with E-state index in [0.717, 1.165) is 0 Å². The minimum Gasteiger partial charge on any atom is -0.479 e. The summed E-state index contributed by atoms with van der Waals surface area (Å²) in [6, 6.07) is 1.74. The van der Waals surface area contributed by atoms with E-state index in [1.807, 2.05) is 0 Å². The molecular weight excluding hydrogens is 238 g/mol. The second-order valence-corrected chi connectivity index (χ2v) is 4.17. The van der Waals surface area contributed by atoms with Crippen molar-refractivity contribution >= 4 is 11.9 Å². The first-order valence-corrected chi connectivity index (χ1v) is 5.77. The lowest BCUT2D eigenvalue weighted by Gasteiger charge is -2.12. The summed E-state index contributed by atoms with van der Waals surface area (Å²) in [6.07, 6.45) is 3.50. The van der Waals surface area contributed by atoms with Crippen LogP contribution in [0.4, 0.5) is 0 Å². The molecule has 1 amide bonds. The van der Waals surface area contributed by atoms with Crippen molar-refractivity contribution in [2.75, 3.05) is 6.54 Å². The van der Waals surface area contributed by atoms with E-state index in [1.165, 1.54) is 4.68 Å². The molecular formula is C11H15N3O4. The molecule has 0 aromatic carbocycles. The zero-order chi connectivity index (χ0) is 13.0. The zero-order valence-electron chi connectivity index (χ0n) is 9.78. The molecule has 18 heavy (non-hydrogen) atoms. The highest BCUT2D eigenvalue weighted by molar-refractivity contribution is 5.75. The maximum atomic E-state index is 11.5. The number of carbonyl (C=O) groups excluding carboxylic acids is 1. The van der Waals surface area contributed by atoms with Gasteiger partial charge in [0.1, 0.15) is 6.54 Å². The van der Waals surface area contributed by atoms with Crippen molar-refractivity contribution in [3.8, 4) is 0 Å². The summed E-state index contributed by atoms with van der Waals surface area (Å²) in [6.45, 7) is 0.492. The highest BCUT2D eigenvalue weighted by atomic mass is 16.5. The van der Waals surface area contributed by atoms with Crippen LogP contribution in [-0.4, -0.2) is 45.5 Å². The first-order valence-electron chi connectivity index (χ1n) is 5.77. The third kappa shape index (κ3) is 3.30. The fraction of sp³-hybridized carbons (Fsp3) is 0.545. The highest BCUT2D eigenvalue weighted by Gasteiger charge is 2.30. The van der Waals surface area contributed by atoms with E-state index in [0.29, 0.717) is 19.4 Å². The molecule has 7 heteroatoms. The van der Waals surface area contributed by atoms with E-state index < -0.39 is 12.1 Å². The molecule has 0 saturated carbocycles. The molecule has 2 heterocycles. The molecule has 1 aromatic heterocycles. The summed E-state index contributed by atoms with van der Waals surface area (Å²) in [5, 5.41) is 15.4. The van der Waals surface area contributed by atoms with E-state index in [-0.39, 0.29) is 18.6 Å². The number of aliphatic carboxylic acids is 1. The largest absolute Gasteiger partial charge is 0.479 e. The molecule has 2 unspecified atom stereocenters. The van der Waals surface area contributed by atoms with Gasteiger partial charge in [-0.05, 0) is 18.9 Å². The molecule has 7 nitrogen and oxygen atoms in total. The minimum atomic E-state index is -0.944. The number of carbonyl (C=O) groups is 2. The Balaban J connectivity index is 1.69. The van der Waals surface area contributed by atoms with Gasteiger partial charge >= 0.3 is 5.97 Å². The van der Waals surface area contributed by atoms with Crippen LogP contribution in [0.1, 0.15) is 12.8 Å². The Morgan fingerprint density at radius 1 is 1.50 bits per heavy atom. The summed E-state index contributed by atoms with van der Waals surface area (Å²) < 4.78 is 6.79. The first-order chi connectivity index (χ1) is 8.65. The van der Waals surface area contributed by atoms with Gasteiger partial charge in [-0.3, -0.25) is 9.48 Å². The quantitative estimate of drug-likeness (QED) is 0.747. The molecule has 2 atom stereocenters. The smallest absolute Gasteiger partial charge is 0.332 e. The average molecular weight is 253 g/mol. The van der Waals surface area contributed by atoms with Gasteiger partial charge in [-0.1, -0.05) is 0 Å². The molecule has 2 N–H and O–H groups in total. The number of carboxylic acids is 1. The number of nitrogens with zero attached hydrogens (tertiary/aromatic N) is 2. The van der Waals surface area contributed by atoms with E-state index in [9.17, 15) is 9.59 Å². The summed E-state index contributed by atoms with van der Waals surface area (Å²) >= 11 is 0. The summed E-state index contributed by atoms with van der Waals surface area (Å²) in [5.74, 6) is -1.11. The molecule has 0 aliphatic carbocycles. The molecule has 1 fully saturated rings. The summed E-state index contributed by atoms with van der Waals surface area (Å²) in [7, 11) is 0. The van der Waals surface area contributed by atoms with Crippen LogP contribution in [0.3, 0.4) is 0 Å². The van der Waals surface area contributed by atoms with Crippen LogP contribution in [0.5, 0.6) is 0 Å². The van der Waals surface area contributed by atoms with Gasteiger partial charge in [-0.25, -0.2) is 4.79 Å². The lowest BCUT2D eigenvalue weighted by molar-refractivity contribution is -0.149. The van der Waals surface area contributed by atoms with Gasteiger partial charge in [0.2, 0.25) is 5.91 Å². The lowest BCUT2D eigenvalue weighted by Crippen LogP contribution is -2.35. The van der Waals surface area contributed by atoms with E-state index in [1.54, 1.807) is 18.5 Å². The summed E-state index contributed by atoms with van der Waals surface area (Å²) in [5.41, 5.74) is 0. The number of ether oxygens (including phenoxy) is 1. The van der Waals surface area contributed by atoms with Gasteiger partial charge in [-0.15, -0.1) is 0 Å². The van der Waals surface area contributed by atoms with Gasteiger partial charge in [0, 0.05) is 18.9 Å². The van der Waals surface area contributed by atoms with Crippen molar-refractivity contribution in [2.24, 2.45) is 0 Å². The van der Waals surface area contributed by atoms with Gasteiger partial charge in [0.15, 0.2) is 6.10 Å².